The fourth-order valence-electron chi connectivity index (χ4n) is 0.748. The van der Waals surface area contributed by atoms with E-state index < -0.39 is 6.43 Å². The number of aryl methyl sites for hydroxylation is 1. The van der Waals surface area contributed by atoms with Crippen LogP contribution < -0.4 is 0 Å². The van der Waals surface area contributed by atoms with Gasteiger partial charge >= 0.3 is 0 Å². The van der Waals surface area contributed by atoms with Gasteiger partial charge in [-0.25, -0.2) is 13.8 Å². The number of halogens is 3. The lowest BCUT2D eigenvalue weighted by atomic mass is 10.2. The van der Waals surface area contributed by atoms with Gasteiger partial charge in [0.1, 0.15) is 4.60 Å². The Morgan fingerprint density at radius 3 is 2.64 bits per heavy atom. The van der Waals surface area contributed by atoms with Crippen LogP contribution in [-0.4, -0.2) is 4.98 Å². The van der Waals surface area contributed by atoms with Gasteiger partial charge in [0.05, 0.1) is 0 Å². The van der Waals surface area contributed by atoms with Crippen molar-refractivity contribution in [2.24, 2.45) is 0 Å². The molecule has 1 nitrogen and oxygen atoms in total. The van der Waals surface area contributed by atoms with Crippen molar-refractivity contribution in [2.45, 2.75) is 13.3 Å². The predicted molar refractivity (Wildman–Crippen MR) is 41.6 cm³/mol. The molecule has 1 heterocycles. The summed E-state index contributed by atoms with van der Waals surface area (Å²) in [4.78, 5) is 3.81. The quantitative estimate of drug-likeness (QED) is 0.665. The van der Waals surface area contributed by atoms with Gasteiger partial charge in [-0.1, -0.05) is 0 Å². The number of aromatic nitrogens is 1. The fraction of sp³-hybridized carbons (Fsp3) is 0.286. The third kappa shape index (κ3) is 1.96. The minimum Gasteiger partial charge on any atom is -0.249 e. The highest BCUT2D eigenvalue weighted by Crippen LogP contribution is 2.23. The molecule has 0 atom stereocenters. The highest BCUT2D eigenvalue weighted by atomic mass is 79.9. The number of rotatable bonds is 1. The summed E-state index contributed by atoms with van der Waals surface area (Å²) in [6.45, 7) is 1.61. The molecule has 0 aliphatic rings. The van der Waals surface area contributed by atoms with Crippen LogP contribution in [0.15, 0.2) is 16.9 Å². The highest BCUT2D eigenvalue weighted by Gasteiger charge is 2.10. The molecule has 0 aliphatic carbocycles. The molecule has 1 aromatic rings. The van der Waals surface area contributed by atoms with Gasteiger partial charge < -0.3 is 0 Å². The molecule has 0 saturated carbocycles. The van der Waals surface area contributed by atoms with E-state index in [0.29, 0.717) is 10.2 Å². The average Bonchev–Trinajstić information content (AvgIpc) is 1.94. The molecule has 1 rings (SSSR count). The number of pyridine rings is 1. The fourth-order valence-corrected chi connectivity index (χ4v) is 1.10. The van der Waals surface area contributed by atoms with E-state index in [0.717, 1.165) is 0 Å². The van der Waals surface area contributed by atoms with Crippen molar-refractivity contribution in [3.63, 3.8) is 0 Å². The van der Waals surface area contributed by atoms with Crippen LogP contribution in [0.4, 0.5) is 8.78 Å². The van der Waals surface area contributed by atoms with E-state index in [2.05, 4.69) is 20.9 Å². The lowest BCUT2D eigenvalue weighted by Gasteiger charge is -2.02. The number of alkyl halides is 2. The normalized spacial score (nSPS) is 10.6. The second-order valence-electron chi connectivity index (χ2n) is 2.16. The predicted octanol–water partition coefficient (Wildman–Crippen LogP) is 3.09. The number of hydrogen-bond donors (Lipinski definition) is 0. The monoisotopic (exact) mass is 221 g/mol. The first-order chi connectivity index (χ1) is 5.11. The molecule has 0 aliphatic heterocycles. The maximum absolute atomic E-state index is 12.2. The molecule has 0 radical (unpaired) electrons. The minimum absolute atomic E-state index is 0.0341. The van der Waals surface area contributed by atoms with Crippen LogP contribution in [0.1, 0.15) is 17.6 Å². The molecule has 0 N–H and O–H groups in total. The van der Waals surface area contributed by atoms with Crippen LogP contribution in [-0.2, 0) is 0 Å². The summed E-state index contributed by atoms with van der Waals surface area (Å²) < 4.78 is 24.8. The van der Waals surface area contributed by atoms with Gasteiger partial charge in [0.2, 0.25) is 0 Å². The van der Waals surface area contributed by atoms with E-state index in [1.54, 1.807) is 6.92 Å². The molecule has 60 valence electrons. The Hall–Kier alpha value is -0.510. The van der Waals surface area contributed by atoms with Gasteiger partial charge in [-0.2, -0.15) is 0 Å². The van der Waals surface area contributed by atoms with Crippen LogP contribution in [0.2, 0.25) is 0 Å². The Bertz CT molecular complexity index is 263. The molecule has 0 unspecified atom stereocenters. The second kappa shape index (κ2) is 3.26. The summed E-state index contributed by atoms with van der Waals surface area (Å²) in [5, 5.41) is 0. The topological polar surface area (TPSA) is 12.9 Å². The van der Waals surface area contributed by atoms with E-state index in [1.807, 2.05) is 0 Å². The third-order valence-corrected chi connectivity index (χ3v) is 1.78. The molecule has 1 aromatic heterocycles. The highest BCUT2D eigenvalue weighted by molar-refractivity contribution is 9.10. The van der Waals surface area contributed by atoms with Crippen LogP contribution in [0.25, 0.3) is 0 Å². The largest absolute Gasteiger partial charge is 0.264 e. The first-order valence-corrected chi connectivity index (χ1v) is 3.80. The molecule has 4 heteroatoms. The van der Waals surface area contributed by atoms with E-state index in [4.69, 9.17) is 0 Å². The van der Waals surface area contributed by atoms with Crippen molar-refractivity contribution >= 4 is 15.9 Å². The average molecular weight is 222 g/mol. The Morgan fingerprint density at radius 1 is 1.55 bits per heavy atom. The molecular formula is C7H6BrF2N. The zero-order valence-corrected chi connectivity index (χ0v) is 7.40. The summed E-state index contributed by atoms with van der Waals surface area (Å²) in [6, 6.07) is 1.33. The number of hydrogen-bond acceptors (Lipinski definition) is 1. The maximum atomic E-state index is 12.2. The first-order valence-electron chi connectivity index (χ1n) is 3.01. The molecule has 0 aromatic carbocycles. The Balaban J connectivity index is 3.13. The molecule has 11 heavy (non-hydrogen) atoms. The van der Waals surface area contributed by atoms with Crippen molar-refractivity contribution in [1.29, 1.82) is 0 Å². The van der Waals surface area contributed by atoms with E-state index in [9.17, 15) is 8.78 Å². The smallest absolute Gasteiger partial charge is 0.249 e. The summed E-state index contributed by atoms with van der Waals surface area (Å²) in [5.41, 5.74) is 0.551. The van der Waals surface area contributed by atoms with Crippen LogP contribution >= 0.6 is 15.9 Å². The SMILES string of the molecule is Cc1cnc(Br)cc1C(F)F. The summed E-state index contributed by atoms with van der Waals surface area (Å²) in [5.74, 6) is 0. The summed E-state index contributed by atoms with van der Waals surface area (Å²) in [6.07, 6.45) is -1.000. The van der Waals surface area contributed by atoms with Crippen molar-refractivity contribution in [1.82, 2.24) is 4.98 Å². The van der Waals surface area contributed by atoms with E-state index >= 15 is 0 Å². The van der Waals surface area contributed by atoms with Crippen molar-refractivity contribution in [3.8, 4) is 0 Å². The standard InChI is InChI=1S/C7H6BrF2N/c1-4-3-11-6(8)2-5(4)7(9)10/h2-3,7H,1H3. The third-order valence-electron chi connectivity index (χ3n) is 1.35. The molecule has 0 amide bonds. The molecule has 0 fully saturated rings. The Morgan fingerprint density at radius 2 is 2.18 bits per heavy atom. The van der Waals surface area contributed by atoms with Gasteiger partial charge in [0, 0.05) is 11.8 Å². The zero-order chi connectivity index (χ0) is 8.43. The van der Waals surface area contributed by atoms with Gasteiger partial charge in [0.25, 0.3) is 6.43 Å². The molecule has 0 saturated heterocycles. The molecule has 0 bridgehead atoms. The van der Waals surface area contributed by atoms with Gasteiger partial charge in [0.15, 0.2) is 0 Å². The van der Waals surface area contributed by atoms with E-state index in [1.165, 1.54) is 12.3 Å². The van der Waals surface area contributed by atoms with Gasteiger partial charge in [-0.05, 0) is 34.5 Å². The zero-order valence-electron chi connectivity index (χ0n) is 5.81. The Labute approximate surface area is 71.6 Å². The van der Waals surface area contributed by atoms with Gasteiger partial charge in [-0.15, -0.1) is 0 Å². The molecular weight excluding hydrogens is 216 g/mol. The lowest BCUT2D eigenvalue weighted by Crippen LogP contribution is -1.90. The van der Waals surface area contributed by atoms with Crippen molar-refractivity contribution < 1.29 is 8.78 Å². The first kappa shape index (κ1) is 8.59. The minimum atomic E-state index is -2.42. The maximum Gasteiger partial charge on any atom is 0.264 e. The van der Waals surface area contributed by atoms with Crippen LogP contribution in [0.5, 0.6) is 0 Å². The lowest BCUT2D eigenvalue weighted by molar-refractivity contribution is 0.150. The van der Waals surface area contributed by atoms with Crippen molar-refractivity contribution in [3.05, 3.63) is 28.0 Å². The van der Waals surface area contributed by atoms with Crippen LogP contribution in [0.3, 0.4) is 0 Å². The van der Waals surface area contributed by atoms with E-state index in [-0.39, 0.29) is 5.56 Å². The Kier molecular flexibility index (Phi) is 2.54. The van der Waals surface area contributed by atoms with Crippen molar-refractivity contribution in [2.75, 3.05) is 0 Å². The molecule has 0 spiro atoms. The second-order valence-corrected chi connectivity index (χ2v) is 2.98. The summed E-state index contributed by atoms with van der Waals surface area (Å²) in [7, 11) is 0. The van der Waals surface area contributed by atoms with Gasteiger partial charge in [-0.3, -0.25) is 0 Å². The summed E-state index contributed by atoms with van der Waals surface area (Å²) >= 11 is 3.02. The van der Waals surface area contributed by atoms with Crippen LogP contribution in [0, 0.1) is 6.92 Å². The number of nitrogens with zero attached hydrogens (tertiary/aromatic N) is 1.